The SMILES string of the molecule is CC(C)(c1ccc(OCc2ccnc(NS(C)(=O)=O)n2)cc1)c1ccc(OC[C@@H](O)CCl)cc1. The smallest absolute Gasteiger partial charge is 0.236 e. The molecular formula is C24H28ClN3O5S. The topological polar surface area (TPSA) is 111 Å². The van der Waals surface area contributed by atoms with E-state index in [0.29, 0.717) is 17.2 Å². The van der Waals surface area contributed by atoms with E-state index in [0.717, 1.165) is 17.4 Å². The van der Waals surface area contributed by atoms with Gasteiger partial charge < -0.3 is 14.6 Å². The minimum Gasteiger partial charge on any atom is -0.491 e. The maximum absolute atomic E-state index is 11.3. The number of rotatable bonds is 11. The zero-order chi connectivity index (χ0) is 24.8. The first kappa shape index (κ1) is 25.7. The number of aliphatic hydroxyl groups is 1. The van der Waals surface area contributed by atoms with Gasteiger partial charge in [0.15, 0.2) is 0 Å². The van der Waals surface area contributed by atoms with Crippen molar-refractivity contribution in [3.05, 3.63) is 77.6 Å². The summed E-state index contributed by atoms with van der Waals surface area (Å²) in [7, 11) is -3.45. The van der Waals surface area contributed by atoms with Crippen molar-refractivity contribution in [1.29, 1.82) is 0 Å². The Morgan fingerprint density at radius 1 is 1.00 bits per heavy atom. The molecular weight excluding hydrogens is 478 g/mol. The number of hydrogen-bond donors (Lipinski definition) is 2. The Kier molecular flexibility index (Phi) is 8.35. The van der Waals surface area contributed by atoms with Gasteiger partial charge in [-0.25, -0.2) is 18.4 Å². The summed E-state index contributed by atoms with van der Waals surface area (Å²) in [4.78, 5) is 8.04. The van der Waals surface area contributed by atoms with E-state index in [1.807, 2.05) is 48.5 Å². The van der Waals surface area contributed by atoms with Gasteiger partial charge in [0.05, 0.1) is 17.8 Å². The second-order valence-electron chi connectivity index (χ2n) is 8.33. The van der Waals surface area contributed by atoms with Crippen LogP contribution in [0, 0.1) is 0 Å². The Balaban J connectivity index is 1.62. The van der Waals surface area contributed by atoms with Gasteiger partial charge in [0, 0.05) is 11.6 Å². The highest BCUT2D eigenvalue weighted by Gasteiger charge is 2.23. The highest BCUT2D eigenvalue weighted by molar-refractivity contribution is 7.91. The van der Waals surface area contributed by atoms with Crippen molar-refractivity contribution >= 4 is 27.6 Å². The number of aromatic nitrogens is 2. The third-order valence-electron chi connectivity index (χ3n) is 5.15. The van der Waals surface area contributed by atoms with Crippen LogP contribution in [0.3, 0.4) is 0 Å². The number of halogens is 1. The lowest BCUT2D eigenvalue weighted by Crippen LogP contribution is -2.20. The van der Waals surface area contributed by atoms with Gasteiger partial charge in [-0.1, -0.05) is 38.1 Å². The first-order valence-corrected chi connectivity index (χ1v) is 13.0. The van der Waals surface area contributed by atoms with Crippen LogP contribution in [-0.2, 0) is 22.0 Å². The van der Waals surface area contributed by atoms with Crippen LogP contribution < -0.4 is 14.2 Å². The summed E-state index contributed by atoms with van der Waals surface area (Å²) >= 11 is 5.59. The molecule has 1 aromatic heterocycles. The van der Waals surface area contributed by atoms with Crippen molar-refractivity contribution in [3.63, 3.8) is 0 Å². The van der Waals surface area contributed by atoms with Gasteiger partial charge in [0.1, 0.15) is 30.8 Å². The Labute approximate surface area is 205 Å². The van der Waals surface area contributed by atoms with Crippen molar-refractivity contribution in [2.45, 2.75) is 32.0 Å². The summed E-state index contributed by atoms with van der Waals surface area (Å²) in [5.41, 5.74) is 2.50. The quantitative estimate of drug-likeness (QED) is 0.382. The molecule has 34 heavy (non-hydrogen) atoms. The van der Waals surface area contributed by atoms with Crippen LogP contribution in [0.25, 0.3) is 0 Å². The number of benzene rings is 2. The predicted octanol–water partition coefficient (Wildman–Crippen LogP) is 3.73. The van der Waals surface area contributed by atoms with Gasteiger partial charge in [-0.2, -0.15) is 0 Å². The van der Waals surface area contributed by atoms with Gasteiger partial charge in [0.2, 0.25) is 16.0 Å². The van der Waals surface area contributed by atoms with Crippen LogP contribution in [0.2, 0.25) is 0 Å². The number of alkyl halides is 1. The maximum atomic E-state index is 11.3. The lowest BCUT2D eigenvalue weighted by Gasteiger charge is -2.26. The molecule has 0 aliphatic heterocycles. The van der Waals surface area contributed by atoms with Gasteiger partial charge in [0.25, 0.3) is 0 Å². The maximum Gasteiger partial charge on any atom is 0.236 e. The van der Waals surface area contributed by atoms with Crippen LogP contribution >= 0.6 is 11.6 Å². The molecule has 0 fully saturated rings. The van der Waals surface area contributed by atoms with Crippen molar-refractivity contribution in [2.24, 2.45) is 0 Å². The third kappa shape index (κ3) is 7.31. The van der Waals surface area contributed by atoms with E-state index in [4.69, 9.17) is 21.1 Å². The molecule has 3 aromatic rings. The number of sulfonamides is 1. The normalized spacial score (nSPS) is 12.7. The fourth-order valence-corrected chi connectivity index (χ4v) is 3.71. The Bertz CT molecular complexity index is 1190. The molecule has 8 nitrogen and oxygen atoms in total. The molecule has 0 aliphatic rings. The van der Waals surface area contributed by atoms with Crippen molar-refractivity contribution in [2.75, 3.05) is 23.5 Å². The van der Waals surface area contributed by atoms with E-state index in [1.165, 1.54) is 6.20 Å². The third-order valence-corrected chi connectivity index (χ3v) is 6.06. The molecule has 0 radical (unpaired) electrons. The molecule has 0 saturated heterocycles. The first-order valence-electron chi connectivity index (χ1n) is 10.6. The number of nitrogens with one attached hydrogen (secondary N) is 1. The summed E-state index contributed by atoms with van der Waals surface area (Å²) in [6.07, 6.45) is 1.82. The monoisotopic (exact) mass is 505 g/mol. The summed E-state index contributed by atoms with van der Waals surface area (Å²) < 4.78 is 36.3. The van der Waals surface area contributed by atoms with Crippen molar-refractivity contribution in [3.8, 4) is 11.5 Å². The van der Waals surface area contributed by atoms with Crippen LogP contribution in [0.15, 0.2) is 60.8 Å². The molecule has 0 saturated carbocycles. The van der Waals surface area contributed by atoms with Gasteiger partial charge in [-0.15, -0.1) is 11.6 Å². The van der Waals surface area contributed by atoms with Gasteiger partial charge in [-0.05, 0) is 41.5 Å². The molecule has 182 valence electrons. The number of aliphatic hydroxyl groups excluding tert-OH is 1. The summed E-state index contributed by atoms with van der Waals surface area (Å²) in [6, 6.07) is 17.2. The fourth-order valence-electron chi connectivity index (χ4n) is 3.19. The lowest BCUT2D eigenvalue weighted by molar-refractivity contribution is 0.125. The zero-order valence-electron chi connectivity index (χ0n) is 19.2. The molecule has 2 N–H and O–H groups in total. The minimum atomic E-state index is -3.45. The molecule has 0 amide bonds. The number of nitrogens with zero attached hydrogens (tertiary/aromatic N) is 2. The van der Waals surface area contributed by atoms with Gasteiger partial charge in [-0.3, -0.25) is 4.72 Å². The molecule has 3 rings (SSSR count). The average molecular weight is 506 g/mol. The Hall–Kier alpha value is -2.88. The largest absolute Gasteiger partial charge is 0.491 e. The number of ether oxygens (including phenoxy) is 2. The standard InChI is InChI=1S/C24H28ClN3O5S/c1-24(2,18-6-10-22(11-7-18)33-16-20(29)14-25)17-4-8-21(9-5-17)32-15-19-12-13-26-23(27-19)28-34(3,30)31/h4-13,20,29H,14-16H2,1-3H3,(H,26,27,28)/t20-/m0/s1. The molecule has 1 atom stereocenters. The van der Waals surface area contributed by atoms with E-state index in [1.54, 1.807) is 6.07 Å². The Morgan fingerprint density at radius 3 is 2.09 bits per heavy atom. The highest BCUT2D eigenvalue weighted by Crippen LogP contribution is 2.33. The molecule has 1 heterocycles. The van der Waals surface area contributed by atoms with E-state index in [-0.39, 0.29) is 30.5 Å². The fraction of sp³-hybridized carbons (Fsp3) is 0.333. The van der Waals surface area contributed by atoms with Crippen LogP contribution in [0.1, 0.15) is 30.7 Å². The summed E-state index contributed by atoms with van der Waals surface area (Å²) in [6.45, 7) is 4.59. The average Bonchev–Trinajstić information content (AvgIpc) is 2.81. The summed E-state index contributed by atoms with van der Waals surface area (Å²) in [5.74, 6) is 1.47. The van der Waals surface area contributed by atoms with Crippen LogP contribution in [0.4, 0.5) is 5.95 Å². The Morgan fingerprint density at radius 2 is 1.56 bits per heavy atom. The van der Waals surface area contributed by atoms with E-state index in [9.17, 15) is 13.5 Å². The summed E-state index contributed by atoms with van der Waals surface area (Å²) in [5, 5.41) is 9.53. The second kappa shape index (κ2) is 11.0. The van der Waals surface area contributed by atoms with Gasteiger partial charge >= 0.3 is 0 Å². The predicted molar refractivity (Wildman–Crippen MR) is 132 cm³/mol. The number of hydrogen-bond acceptors (Lipinski definition) is 7. The molecule has 0 spiro atoms. The second-order valence-corrected chi connectivity index (χ2v) is 10.4. The number of anilines is 1. The lowest BCUT2D eigenvalue weighted by atomic mass is 9.78. The van der Waals surface area contributed by atoms with Crippen LogP contribution in [-0.4, -0.2) is 48.3 Å². The van der Waals surface area contributed by atoms with Crippen LogP contribution in [0.5, 0.6) is 11.5 Å². The molecule has 2 aromatic carbocycles. The van der Waals surface area contributed by atoms with Crippen molar-refractivity contribution in [1.82, 2.24) is 9.97 Å². The van der Waals surface area contributed by atoms with E-state index in [2.05, 4.69) is 28.5 Å². The van der Waals surface area contributed by atoms with Crippen molar-refractivity contribution < 1.29 is 23.0 Å². The zero-order valence-corrected chi connectivity index (χ0v) is 20.8. The first-order chi connectivity index (χ1) is 16.1. The molecule has 0 unspecified atom stereocenters. The molecule has 0 aliphatic carbocycles. The highest BCUT2D eigenvalue weighted by atomic mass is 35.5. The molecule has 0 bridgehead atoms. The molecule has 10 heteroatoms. The van der Waals surface area contributed by atoms with E-state index >= 15 is 0 Å². The minimum absolute atomic E-state index is 0.00680. The van der Waals surface area contributed by atoms with E-state index < -0.39 is 16.1 Å².